The number of amides is 1. The molecule has 0 aliphatic rings. The molecule has 8 heteroatoms. The molecule has 0 fully saturated rings. The highest BCUT2D eigenvalue weighted by Gasteiger charge is 2.20. The van der Waals surface area contributed by atoms with Gasteiger partial charge in [0.25, 0.3) is 0 Å². The molecule has 2 aromatic heterocycles. The van der Waals surface area contributed by atoms with Gasteiger partial charge < -0.3 is 9.72 Å². The zero-order valence-corrected chi connectivity index (χ0v) is 14.3. The van der Waals surface area contributed by atoms with E-state index in [1.54, 1.807) is 22.9 Å². The van der Waals surface area contributed by atoms with Crippen LogP contribution in [0, 0.1) is 12.7 Å². The molecule has 0 aliphatic heterocycles. The van der Waals surface area contributed by atoms with E-state index in [1.165, 1.54) is 18.2 Å². The highest BCUT2D eigenvalue weighted by atomic mass is 32.2. The number of para-hydroxylation sites is 1. The van der Waals surface area contributed by atoms with Crippen LogP contribution in [0.3, 0.4) is 0 Å². The van der Waals surface area contributed by atoms with Gasteiger partial charge in [-0.25, -0.2) is 17.8 Å². The number of fused-ring (bicyclic) bond motifs is 1. The number of nitrogens with one attached hydrogen (secondary N) is 1. The zero-order chi connectivity index (χ0) is 18.0. The Balaban J connectivity index is 1.72. The fourth-order valence-corrected chi connectivity index (χ4v) is 3.66. The summed E-state index contributed by atoms with van der Waals surface area (Å²) in [5.41, 5.74) is 1.89. The number of halogens is 1. The molecule has 3 aromatic rings. The molecule has 1 amide bonds. The van der Waals surface area contributed by atoms with Gasteiger partial charge in [-0.2, -0.15) is 0 Å². The van der Waals surface area contributed by atoms with Gasteiger partial charge in [-0.15, -0.1) is 0 Å². The molecule has 3 rings (SSSR count). The fourth-order valence-electron chi connectivity index (χ4n) is 2.50. The highest BCUT2D eigenvalue weighted by molar-refractivity contribution is 7.91. The lowest BCUT2D eigenvalue weighted by molar-refractivity contribution is -0.113. The molecule has 0 aliphatic carbocycles. The predicted octanol–water partition coefficient (Wildman–Crippen LogP) is 2.34. The van der Waals surface area contributed by atoms with Crippen molar-refractivity contribution in [3.05, 3.63) is 65.9 Å². The van der Waals surface area contributed by atoms with Gasteiger partial charge in [0, 0.05) is 12.4 Å². The van der Waals surface area contributed by atoms with Crippen molar-refractivity contribution in [3.8, 4) is 0 Å². The molecule has 1 N–H and O–H groups in total. The van der Waals surface area contributed by atoms with Gasteiger partial charge in [-0.05, 0) is 30.7 Å². The minimum Gasteiger partial charge on any atom is -0.323 e. The minimum atomic E-state index is -3.74. The molecular formula is C17H16FN3O3S. The second-order valence-electron chi connectivity index (χ2n) is 5.71. The number of rotatable bonds is 5. The third-order valence-electron chi connectivity index (χ3n) is 3.59. The summed E-state index contributed by atoms with van der Waals surface area (Å²) in [6, 6.07) is 9.29. The van der Waals surface area contributed by atoms with Gasteiger partial charge in [-0.3, -0.25) is 4.79 Å². The number of imidazole rings is 1. The maximum absolute atomic E-state index is 13.5. The third-order valence-corrected chi connectivity index (χ3v) is 5.03. The van der Waals surface area contributed by atoms with Gasteiger partial charge in [0.05, 0.1) is 17.1 Å². The van der Waals surface area contributed by atoms with Crippen molar-refractivity contribution in [1.82, 2.24) is 9.38 Å². The standard InChI is InChI=1S/C17H16FN3O3S/c1-12-5-4-8-21-9-13(19-17(12)21)10-25(23,24)11-16(22)20-15-7-3-2-6-14(15)18/h2-9H,10-11H2,1H3,(H,20,22). The van der Waals surface area contributed by atoms with Crippen LogP contribution < -0.4 is 5.32 Å². The number of hydrogen-bond donors (Lipinski definition) is 1. The Morgan fingerprint density at radius 3 is 2.72 bits per heavy atom. The van der Waals surface area contributed by atoms with Crippen molar-refractivity contribution in [3.63, 3.8) is 0 Å². The summed E-state index contributed by atoms with van der Waals surface area (Å²) in [6.45, 7) is 1.88. The van der Waals surface area contributed by atoms with Crippen LogP contribution in [0.1, 0.15) is 11.3 Å². The number of aromatic nitrogens is 2. The first-order valence-corrected chi connectivity index (χ1v) is 9.34. The molecule has 1 aromatic carbocycles. The maximum atomic E-state index is 13.5. The average molecular weight is 361 g/mol. The summed E-state index contributed by atoms with van der Waals surface area (Å²) in [6.07, 6.45) is 3.39. The highest BCUT2D eigenvalue weighted by Crippen LogP contribution is 2.14. The largest absolute Gasteiger partial charge is 0.323 e. The van der Waals surface area contributed by atoms with E-state index < -0.39 is 27.3 Å². The number of anilines is 1. The van der Waals surface area contributed by atoms with E-state index in [4.69, 9.17) is 0 Å². The molecule has 0 saturated carbocycles. The van der Waals surface area contributed by atoms with E-state index >= 15 is 0 Å². The zero-order valence-electron chi connectivity index (χ0n) is 13.4. The van der Waals surface area contributed by atoms with Gasteiger partial charge in [-0.1, -0.05) is 18.2 Å². The smallest absolute Gasteiger partial charge is 0.239 e. The van der Waals surface area contributed by atoms with E-state index in [0.717, 1.165) is 5.56 Å². The molecule has 2 heterocycles. The lowest BCUT2D eigenvalue weighted by Gasteiger charge is -2.06. The van der Waals surface area contributed by atoms with E-state index in [2.05, 4.69) is 10.3 Å². The summed E-state index contributed by atoms with van der Waals surface area (Å²) in [5, 5.41) is 2.27. The van der Waals surface area contributed by atoms with Crippen LogP contribution in [0.25, 0.3) is 5.65 Å². The van der Waals surface area contributed by atoms with Gasteiger partial charge in [0.15, 0.2) is 9.84 Å². The molecular weight excluding hydrogens is 345 g/mol. The van der Waals surface area contributed by atoms with Gasteiger partial charge in [0.1, 0.15) is 17.2 Å². The normalized spacial score (nSPS) is 11.6. The molecule has 0 saturated heterocycles. The Kier molecular flexibility index (Phi) is 4.54. The van der Waals surface area contributed by atoms with Gasteiger partial charge in [0.2, 0.25) is 5.91 Å². The molecule has 25 heavy (non-hydrogen) atoms. The first-order valence-electron chi connectivity index (χ1n) is 7.52. The van der Waals surface area contributed by atoms with E-state index in [9.17, 15) is 17.6 Å². The summed E-state index contributed by atoms with van der Waals surface area (Å²) in [7, 11) is -3.74. The molecule has 0 bridgehead atoms. The number of carbonyl (C=O) groups excluding carboxylic acids is 1. The minimum absolute atomic E-state index is 0.0499. The van der Waals surface area contributed by atoms with Crippen LogP contribution in [0.2, 0.25) is 0 Å². The van der Waals surface area contributed by atoms with Crippen LogP contribution in [-0.4, -0.2) is 29.5 Å². The number of benzene rings is 1. The Labute approximate surface area is 144 Å². The monoisotopic (exact) mass is 361 g/mol. The van der Waals surface area contributed by atoms with Crippen molar-refractivity contribution in [1.29, 1.82) is 0 Å². The average Bonchev–Trinajstić information content (AvgIpc) is 2.92. The van der Waals surface area contributed by atoms with E-state index in [-0.39, 0.29) is 11.4 Å². The topological polar surface area (TPSA) is 80.5 Å². The summed E-state index contributed by atoms with van der Waals surface area (Å²) >= 11 is 0. The summed E-state index contributed by atoms with van der Waals surface area (Å²) in [4.78, 5) is 16.2. The molecule has 6 nitrogen and oxygen atoms in total. The third kappa shape index (κ3) is 4.03. The molecule has 130 valence electrons. The lowest BCUT2D eigenvalue weighted by Crippen LogP contribution is -2.24. The number of sulfone groups is 1. The maximum Gasteiger partial charge on any atom is 0.239 e. The fraction of sp³-hybridized carbons (Fsp3) is 0.176. The second-order valence-corrected chi connectivity index (χ2v) is 7.78. The number of carbonyl (C=O) groups is 1. The number of aryl methyl sites for hydroxylation is 1. The first-order chi connectivity index (χ1) is 11.8. The predicted molar refractivity (Wildman–Crippen MR) is 92.4 cm³/mol. The van der Waals surface area contributed by atoms with E-state index in [1.807, 2.05) is 19.1 Å². The Bertz CT molecular complexity index is 1040. The molecule has 0 unspecified atom stereocenters. The lowest BCUT2D eigenvalue weighted by atomic mass is 10.3. The van der Waals surface area contributed by atoms with E-state index in [0.29, 0.717) is 11.3 Å². The van der Waals surface area contributed by atoms with Crippen LogP contribution in [0.15, 0.2) is 48.8 Å². The molecule has 0 radical (unpaired) electrons. The first kappa shape index (κ1) is 17.1. The van der Waals surface area contributed by atoms with Gasteiger partial charge >= 0.3 is 0 Å². The van der Waals surface area contributed by atoms with Crippen LogP contribution in [-0.2, 0) is 20.4 Å². The summed E-state index contributed by atoms with van der Waals surface area (Å²) < 4.78 is 39.7. The molecule has 0 spiro atoms. The number of pyridine rings is 1. The Morgan fingerprint density at radius 1 is 1.24 bits per heavy atom. The second kappa shape index (κ2) is 6.64. The Morgan fingerprint density at radius 2 is 2.00 bits per heavy atom. The molecule has 0 atom stereocenters. The Hall–Kier alpha value is -2.74. The number of nitrogens with zero attached hydrogens (tertiary/aromatic N) is 2. The van der Waals surface area contributed by atoms with Crippen molar-refractivity contribution >= 4 is 27.1 Å². The number of hydrogen-bond acceptors (Lipinski definition) is 4. The van der Waals surface area contributed by atoms with Crippen LogP contribution >= 0.6 is 0 Å². The van der Waals surface area contributed by atoms with Crippen LogP contribution in [0.4, 0.5) is 10.1 Å². The van der Waals surface area contributed by atoms with Crippen molar-refractivity contribution in [2.24, 2.45) is 0 Å². The SMILES string of the molecule is Cc1cccn2cc(CS(=O)(=O)CC(=O)Nc3ccccc3F)nc12. The van der Waals surface area contributed by atoms with Crippen molar-refractivity contribution < 1.29 is 17.6 Å². The summed E-state index contributed by atoms with van der Waals surface area (Å²) in [5.74, 6) is -2.51. The quantitative estimate of drug-likeness (QED) is 0.756. The van der Waals surface area contributed by atoms with Crippen molar-refractivity contribution in [2.75, 3.05) is 11.1 Å². The van der Waals surface area contributed by atoms with Crippen LogP contribution in [0.5, 0.6) is 0 Å². The van der Waals surface area contributed by atoms with Crippen molar-refractivity contribution in [2.45, 2.75) is 12.7 Å².